The van der Waals surface area contributed by atoms with E-state index in [0.717, 1.165) is 58.4 Å². The van der Waals surface area contributed by atoms with Crippen molar-refractivity contribution in [3.8, 4) is 11.3 Å². The molecule has 4 aromatic rings. The van der Waals surface area contributed by atoms with Crippen LogP contribution in [0.3, 0.4) is 0 Å². The van der Waals surface area contributed by atoms with Crippen LogP contribution in [0, 0.1) is 0 Å². The van der Waals surface area contributed by atoms with Gasteiger partial charge in [-0.05, 0) is 31.0 Å². The first kappa shape index (κ1) is 19.5. The van der Waals surface area contributed by atoms with Crippen molar-refractivity contribution in [3.05, 3.63) is 36.3 Å². The van der Waals surface area contributed by atoms with Crippen molar-refractivity contribution in [2.45, 2.75) is 25.2 Å². The average molecular weight is 419 g/mol. The maximum absolute atomic E-state index is 12.4. The summed E-state index contributed by atoms with van der Waals surface area (Å²) in [6.45, 7) is 1.87. The lowest BCUT2D eigenvalue weighted by Gasteiger charge is -2.31. The average Bonchev–Trinajstić information content (AvgIpc) is 3.48. The van der Waals surface area contributed by atoms with Crippen LogP contribution >= 0.6 is 0 Å². The van der Waals surface area contributed by atoms with Gasteiger partial charge in [0.25, 0.3) is 0 Å². The van der Waals surface area contributed by atoms with Crippen LogP contribution in [0.25, 0.3) is 33.2 Å². The van der Waals surface area contributed by atoms with Gasteiger partial charge in [-0.2, -0.15) is 5.10 Å². The summed E-state index contributed by atoms with van der Waals surface area (Å²) in [5.41, 5.74) is 10.5. The second-order valence-electron chi connectivity index (χ2n) is 7.97. The van der Waals surface area contributed by atoms with Crippen LogP contribution in [0.5, 0.6) is 0 Å². The number of rotatable bonds is 5. The number of amides is 1. The number of aromatic nitrogens is 5. The third kappa shape index (κ3) is 3.61. The second-order valence-corrected chi connectivity index (χ2v) is 7.97. The minimum Gasteiger partial charge on any atom is -0.384 e. The number of nitrogen functional groups attached to an aromatic ring is 1. The summed E-state index contributed by atoms with van der Waals surface area (Å²) in [4.78, 5) is 27.3. The van der Waals surface area contributed by atoms with Gasteiger partial charge in [-0.1, -0.05) is 6.07 Å². The lowest BCUT2D eigenvalue weighted by atomic mass is 9.97. The number of fused-ring (bicyclic) bond motifs is 3. The lowest BCUT2D eigenvalue weighted by Crippen LogP contribution is -2.39. The molecule has 1 amide bonds. The zero-order valence-electron chi connectivity index (χ0n) is 17.4. The molecule has 3 aromatic heterocycles. The van der Waals surface area contributed by atoms with Crippen LogP contribution in [0.15, 0.2) is 30.5 Å². The standard InChI is InChI=1S/C22H25N7O2/c1-31-10-7-18(30)29-9-2-3-14(12-29)22-26-19-15-5-4-13(16-6-8-24-28-16)11-17(15)25-21(23)20(19)27-22/h4-6,8,11,14H,2-3,7,9-10,12H2,1H3,(H2,23,25)(H,24,28)(H,26,27)/t14-/m0/s1. The van der Waals surface area contributed by atoms with E-state index in [-0.39, 0.29) is 11.8 Å². The molecule has 0 spiro atoms. The predicted molar refractivity (Wildman–Crippen MR) is 118 cm³/mol. The normalized spacial score (nSPS) is 16.9. The zero-order valence-corrected chi connectivity index (χ0v) is 17.4. The van der Waals surface area contributed by atoms with E-state index in [4.69, 9.17) is 15.5 Å². The first-order chi connectivity index (χ1) is 15.1. The minimum absolute atomic E-state index is 0.126. The molecule has 1 aliphatic rings. The Kier molecular flexibility index (Phi) is 5.03. The van der Waals surface area contributed by atoms with Crippen LogP contribution in [0.4, 0.5) is 5.82 Å². The molecule has 9 heteroatoms. The maximum Gasteiger partial charge on any atom is 0.224 e. The molecular formula is C22H25N7O2. The second kappa shape index (κ2) is 7.99. The van der Waals surface area contributed by atoms with Gasteiger partial charge in [-0.15, -0.1) is 0 Å². The van der Waals surface area contributed by atoms with Gasteiger partial charge in [0.1, 0.15) is 22.7 Å². The number of nitrogens with zero attached hydrogens (tertiary/aromatic N) is 4. The Balaban J connectivity index is 1.48. The van der Waals surface area contributed by atoms with Gasteiger partial charge in [-0.25, -0.2) is 9.97 Å². The number of methoxy groups -OCH3 is 1. The van der Waals surface area contributed by atoms with E-state index in [1.165, 1.54) is 0 Å². The van der Waals surface area contributed by atoms with Crippen molar-refractivity contribution in [2.24, 2.45) is 0 Å². The summed E-state index contributed by atoms with van der Waals surface area (Å²) in [5.74, 6) is 1.55. The summed E-state index contributed by atoms with van der Waals surface area (Å²) in [6, 6.07) is 7.95. The number of carbonyl (C=O) groups excluding carboxylic acids is 1. The molecule has 31 heavy (non-hydrogen) atoms. The number of hydrogen-bond acceptors (Lipinski definition) is 6. The molecule has 160 valence electrons. The van der Waals surface area contributed by atoms with E-state index in [1.807, 2.05) is 29.2 Å². The van der Waals surface area contributed by atoms with E-state index in [2.05, 4.69) is 20.2 Å². The lowest BCUT2D eigenvalue weighted by molar-refractivity contribution is -0.133. The third-order valence-corrected chi connectivity index (χ3v) is 5.96. The minimum atomic E-state index is 0.126. The van der Waals surface area contributed by atoms with Gasteiger partial charge in [0.15, 0.2) is 0 Å². The van der Waals surface area contributed by atoms with Gasteiger partial charge < -0.3 is 20.4 Å². The van der Waals surface area contributed by atoms with Crippen LogP contribution in [0.2, 0.25) is 0 Å². The number of aromatic amines is 2. The molecule has 5 rings (SSSR count). The fraction of sp³-hybridized carbons (Fsp3) is 0.364. The first-order valence-corrected chi connectivity index (χ1v) is 10.5. The molecule has 9 nitrogen and oxygen atoms in total. The third-order valence-electron chi connectivity index (χ3n) is 5.96. The number of likely N-dealkylation sites (tertiary alicyclic amines) is 1. The molecule has 4 heterocycles. The van der Waals surface area contributed by atoms with E-state index in [0.29, 0.717) is 25.4 Å². The largest absolute Gasteiger partial charge is 0.384 e. The Morgan fingerprint density at radius 3 is 3.03 bits per heavy atom. The number of H-pyrrole nitrogens is 2. The van der Waals surface area contributed by atoms with Gasteiger partial charge in [0.2, 0.25) is 5.91 Å². The summed E-state index contributed by atoms with van der Waals surface area (Å²) in [6.07, 6.45) is 4.05. The highest BCUT2D eigenvalue weighted by Gasteiger charge is 2.27. The van der Waals surface area contributed by atoms with E-state index < -0.39 is 0 Å². The molecule has 4 N–H and O–H groups in total. The number of anilines is 1. The maximum atomic E-state index is 12.4. The number of piperidine rings is 1. The van der Waals surface area contributed by atoms with Crippen molar-refractivity contribution >= 4 is 33.7 Å². The van der Waals surface area contributed by atoms with Crippen molar-refractivity contribution in [1.29, 1.82) is 0 Å². The smallest absolute Gasteiger partial charge is 0.224 e. The summed E-state index contributed by atoms with van der Waals surface area (Å²) in [7, 11) is 1.61. The quantitative estimate of drug-likeness (QED) is 0.457. The van der Waals surface area contributed by atoms with Crippen LogP contribution in [-0.2, 0) is 9.53 Å². The van der Waals surface area contributed by atoms with Gasteiger partial charge >= 0.3 is 0 Å². The van der Waals surface area contributed by atoms with Crippen LogP contribution in [-0.4, -0.2) is 62.8 Å². The Bertz CT molecular complexity index is 1230. The number of ether oxygens (including phenoxy) is 1. The molecule has 0 bridgehead atoms. The Hall–Kier alpha value is -3.46. The Labute approximate surface area is 179 Å². The topological polar surface area (TPSA) is 126 Å². The van der Waals surface area contributed by atoms with Crippen molar-refractivity contribution in [2.75, 3.05) is 32.5 Å². The van der Waals surface area contributed by atoms with Crippen molar-refractivity contribution in [1.82, 2.24) is 30.0 Å². The van der Waals surface area contributed by atoms with Crippen molar-refractivity contribution in [3.63, 3.8) is 0 Å². The SMILES string of the molecule is COCCC(=O)N1CCC[C@H](c2nc3c([nH]2)c(N)nc2cc(-c4ccn[nH]4)ccc23)C1. The number of pyridine rings is 1. The zero-order chi connectivity index (χ0) is 21.4. The Morgan fingerprint density at radius 1 is 1.32 bits per heavy atom. The van der Waals surface area contributed by atoms with E-state index in [1.54, 1.807) is 13.3 Å². The number of nitrogens with one attached hydrogen (secondary N) is 2. The van der Waals surface area contributed by atoms with Crippen molar-refractivity contribution < 1.29 is 9.53 Å². The predicted octanol–water partition coefficient (Wildman–Crippen LogP) is 2.83. The number of hydrogen-bond donors (Lipinski definition) is 3. The van der Waals surface area contributed by atoms with Crippen LogP contribution in [0.1, 0.15) is 31.0 Å². The number of carbonyl (C=O) groups is 1. The highest BCUT2D eigenvalue weighted by Crippen LogP contribution is 2.32. The molecule has 0 unspecified atom stereocenters. The molecule has 0 saturated carbocycles. The number of benzene rings is 1. The molecule has 1 fully saturated rings. The monoisotopic (exact) mass is 419 g/mol. The number of imidazole rings is 1. The molecule has 0 aliphatic carbocycles. The molecule has 1 atom stereocenters. The molecular weight excluding hydrogens is 394 g/mol. The fourth-order valence-corrected chi connectivity index (χ4v) is 4.33. The highest BCUT2D eigenvalue weighted by molar-refractivity contribution is 6.07. The summed E-state index contributed by atoms with van der Waals surface area (Å²) >= 11 is 0. The molecule has 1 aromatic carbocycles. The summed E-state index contributed by atoms with van der Waals surface area (Å²) < 4.78 is 5.05. The molecule has 1 aliphatic heterocycles. The van der Waals surface area contributed by atoms with Gasteiger partial charge in [0, 0.05) is 43.3 Å². The number of nitrogens with two attached hydrogens (primary N) is 1. The Morgan fingerprint density at radius 2 is 2.23 bits per heavy atom. The first-order valence-electron chi connectivity index (χ1n) is 10.5. The van der Waals surface area contributed by atoms with E-state index >= 15 is 0 Å². The molecule has 0 radical (unpaired) electrons. The van der Waals surface area contributed by atoms with Gasteiger partial charge in [-0.3, -0.25) is 9.89 Å². The molecule has 1 saturated heterocycles. The summed E-state index contributed by atoms with van der Waals surface area (Å²) in [5, 5.41) is 7.93. The van der Waals surface area contributed by atoms with Gasteiger partial charge in [0.05, 0.1) is 24.2 Å². The van der Waals surface area contributed by atoms with E-state index in [9.17, 15) is 4.79 Å². The highest BCUT2D eigenvalue weighted by atomic mass is 16.5. The van der Waals surface area contributed by atoms with Crippen LogP contribution < -0.4 is 5.73 Å². The fourth-order valence-electron chi connectivity index (χ4n) is 4.33.